The number of carbonyl (C=O) groups is 1. The van der Waals surface area contributed by atoms with E-state index in [4.69, 9.17) is 0 Å². The molecule has 2 N–H and O–H groups in total. The Morgan fingerprint density at radius 2 is 1.89 bits per heavy atom. The number of fused-ring (bicyclic) bond motifs is 4. The van der Waals surface area contributed by atoms with Crippen molar-refractivity contribution in [3.8, 4) is 11.1 Å². The lowest BCUT2D eigenvalue weighted by molar-refractivity contribution is -0.114. The summed E-state index contributed by atoms with van der Waals surface area (Å²) in [5.41, 5.74) is 7.28. The van der Waals surface area contributed by atoms with E-state index < -0.39 is 5.60 Å². The fraction of sp³-hybridized carbons (Fsp3) is 0.516. The maximum atomic E-state index is 12.2. The van der Waals surface area contributed by atoms with Crippen LogP contribution in [0.4, 0.5) is 0 Å². The van der Waals surface area contributed by atoms with Gasteiger partial charge in [-0.15, -0.1) is 0 Å². The molecule has 2 fully saturated rings. The van der Waals surface area contributed by atoms with Crippen LogP contribution in [0.15, 0.2) is 63.9 Å². The molecule has 6 rings (SSSR count). The topological polar surface area (TPSA) is 57.5 Å². The number of allylic oxidation sites excluding steroid dienone is 4. The minimum absolute atomic E-state index is 0.136. The third-order valence-corrected chi connectivity index (χ3v) is 10.7. The normalized spacial score (nSPS) is 34.3. The van der Waals surface area contributed by atoms with Gasteiger partial charge in [0.15, 0.2) is 5.78 Å². The van der Waals surface area contributed by atoms with Crippen molar-refractivity contribution in [2.45, 2.75) is 76.2 Å². The highest BCUT2D eigenvalue weighted by molar-refractivity contribution is 7.08. The van der Waals surface area contributed by atoms with Gasteiger partial charge in [-0.25, -0.2) is 0 Å². The van der Waals surface area contributed by atoms with Gasteiger partial charge in [0.2, 0.25) is 0 Å². The number of hydrogen-bond donors (Lipinski definition) is 2. The molecule has 1 aromatic heterocycles. The average Bonchev–Trinajstić information content (AvgIpc) is 3.49. The molecule has 0 saturated heterocycles. The minimum atomic E-state index is -0.718. The highest BCUT2D eigenvalue weighted by atomic mass is 32.1. The van der Waals surface area contributed by atoms with Gasteiger partial charge in [-0.05, 0) is 114 Å². The third kappa shape index (κ3) is 3.72. The molecular formula is C31H36O3S. The molecule has 3 nitrogen and oxygen atoms in total. The van der Waals surface area contributed by atoms with E-state index in [1.807, 2.05) is 6.08 Å². The van der Waals surface area contributed by atoms with Crippen molar-refractivity contribution in [2.24, 2.45) is 17.3 Å². The van der Waals surface area contributed by atoms with Gasteiger partial charge in [-0.2, -0.15) is 11.3 Å². The zero-order chi connectivity index (χ0) is 24.2. The fourth-order valence-electron chi connectivity index (χ4n) is 8.17. The van der Waals surface area contributed by atoms with Crippen molar-refractivity contribution in [2.75, 3.05) is 6.61 Å². The van der Waals surface area contributed by atoms with Gasteiger partial charge >= 0.3 is 0 Å². The Morgan fingerprint density at radius 3 is 2.63 bits per heavy atom. The quantitative estimate of drug-likeness (QED) is 0.486. The molecule has 0 aliphatic heterocycles. The Bertz CT molecular complexity index is 1170. The molecule has 0 bridgehead atoms. The van der Waals surface area contributed by atoms with Crippen molar-refractivity contribution < 1.29 is 15.0 Å². The monoisotopic (exact) mass is 488 g/mol. The van der Waals surface area contributed by atoms with E-state index in [1.165, 1.54) is 27.8 Å². The Hall–Kier alpha value is -2.01. The molecule has 1 heterocycles. The van der Waals surface area contributed by atoms with Gasteiger partial charge in [-0.3, -0.25) is 4.79 Å². The van der Waals surface area contributed by atoms with Crippen LogP contribution in [-0.4, -0.2) is 28.2 Å². The molecule has 0 radical (unpaired) electrons. The van der Waals surface area contributed by atoms with Gasteiger partial charge in [0.1, 0.15) is 0 Å². The minimum Gasteiger partial charge on any atom is -0.396 e. The summed E-state index contributed by atoms with van der Waals surface area (Å²) < 4.78 is 0. The number of aliphatic hydroxyl groups excluding tert-OH is 1. The Morgan fingerprint density at radius 1 is 1.06 bits per heavy atom. The molecule has 2 saturated carbocycles. The largest absolute Gasteiger partial charge is 0.396 e. The second kappa shape index (κ2) is 8.83. The zero-order valence-electron chi connectivity index (χ0n) is 20.6. The van der Waals surface area contributed by atoms with E-state index in [2.05, 4.69) is 48.0 Å². The lowest BCUT2D eigenvalue weighted by atomic mass is 9.51. The van der Waals surface area contributed by atoms with E-state index in [1.54, 1.807) is 16.9 Å². The van der Waals surface area contributed by atoms with Crippen LogP contribution in [0.1, 0.15) is 76.2 Å². The van der Waals surface area contributed by atoms with Gasteiger partial charge in [0.25, 0.3) is 0 Å². The van der Waals surface area contributed by atoms with Crippen LogP contribution >= 0.6 is 11.3 Å². The number of thiophene rings is 1. The summed E-state index contributed by atoms with van der Waals surface area (Å²) in [5.74, 6) is 1.48. The smallest absolute Gasteiger partial charge is 0.156 e. The Balaban J connectivity index is 1.46. The van der Waals surface area contributed by atoms with Crippen LogP contribution in [0.3, 0.4) is 0 Å². The van der Waals surface area contributed by atoms with Crippen LogP contribution in [0.25, 0.3) is 11.1 Å². The third-order valence-electron chi connectivity index (χ3n) is 9.97. The second-order valence-corrected chi connectivity index (χ2v) is 12.3. The first-order valence-electron chi connectivity index (χ1n) is 13.4. The fourth-order valence-corrected chi connectivity index (χ4v) is 8.84. The van der Waals surface area contributed by atoms with Crippen molar-refractivity contribution in [1.29, 1.82) is 0 Å². The van der Waals surface area contributed by atoms with Gasteiger partial charge in [-0.1, -0.05) is 36.8 Å². The summed E-state index contributed by atoms with van der Waals surface area (Å²) in [5, 5.41) is 25.8. The first-order valence-corrected chi connectivity index (χ1v) is 14.3. The van der Waals surface area contributed by atoms with E-state index >= 15 is 0 Å². The number of ketones is 1. The lowest BCUT2D eigenvalue weighted by Crippen LogP contribution is -2.51. The van der Waals surface area contributed by atoms with Crippen LogP contribution in [-0.2, 0) is 4.79 Å². The maximum absolute atomic E-state index is 12.2. The highest BCUT2D eigenvalue weighted by Gasteiger charge is 2.62. The predicted molar refractivity (Wildman–Crippen MR) is 141 cm³/mol. The number of aliphatic hydroxyl groups is 2. The summed E-state index contributed by atoms with van der Waals surface area (Å²) in [6.45, 7) is 2.48. The van der Waals surface area contributed by atoms with Crippen molar-refractivity contribution in [3.63, 3.8) is 0 Å². The van der Waals surface area contributed by atoms with Crippen LogP contribution in [0.2, 0.25) is 0 Å². The molecule has 0 spiro atoms. The second-order valence-electron chi connectivity index (χ2n) is 11.5. The predicted octanol–water partition coefficient (Wildman–Crippen LogP) is 6.82. The summed E-state index contributed by atoms with van der Waals surface area (Å²) in [6, 6.07) is 11.3. The van der Waals surface area contributed by atoms with Crippen molar-refractivity contribution >= 4 is 17.1 Å². The molecule has 0 unspecified atom stereocenters. The molecule has 5 atom stereocenters. The molecule has 1 aromatic carbocycles. The van der Waals surface area contributed by atoms with Gasteiger partial charge < -0.3 is 10.2 Å². The standard InChI is InChI=1S/C31H36O3S/c1-30-18-27(21-5-3-20(4-6-21)23-12-16-35-19-23)29-25-10-8-24(33)17-22(25)7-9-26(29)28(30)11-14-31(30,34)13-2-15-32/h3-6,12,16-17,19,26-28,32,34H,2,7-11,13-15,18H2,1H3/t26-,27+,28-,30+,31+/m0/s1. The molecule has 4 aliphatic rings. The first-order chi connectivity index (χ1) is 16.9. The van der Waals surface area contributed by atoms with Crippen LogP contribution in [0, 0.1) is 17.3 Å². The van der Waals surface area contributed by atoms with E-state index in [0.717, 1.165) is 38.5 Å². The maximum Gasteiger partial charge on any atom is 0.156 e. The number of carbonyl (C=O) groups excluding carboxylic acids is 1. The molecule has 184 valence electrons. The molecule has 2 aromatic rings. The number of hydrogen-bond acceptors (Lipinski definition) is 4. The number of rotatable bonds is 5. The summed E-state index contributed by atoms with van der Waals surface area (Å²) in [4.78, 5) is 12.2. The summed E-state index contributed by atoms with van der Waals surface area (Å²) in [7, 11) is 0. The average molecular weight is 489 g/mol. The molecule has 0 amide bonds. The van der Waals surface area contributed by atoms with Crippen LogP contribution in [0.5, 0.6) is 0 Å². The highest BCUT2D eigenvalue weighted by Crippen LogP contribution is 2.67. The van der Waals surface area contributed by atoms with Gasteiger partial charge in [0, 0.05) is 24.4 Å². The number of benzene rings is 1. The van der Waals surface area contributed by atoms with E-state index in [0.29, 0.717) is 31.1 Å². The summed E-state index contributed by atoms with van der Waals surface area (Å²) in [6.07, 6.45) is 9.66. The molecule has 4 heteroatoms. The first kappa shape index (κ1) is 23.4. The molecular weight excluding hydrogens is 452 g/mol. The molecule has 4 aliphatic carbocycles. The van der Waals surface area contributed by atoms with E-state index in [-0.39, 0.29) is 23.7 Å². The van der Waals surface area contributed by atoms with E-state index in [9.17, 15) is 15.0 Å². The SMILES string of the molecule is C[C@@]12C[C@H](c3ccc(-c4ccsc4)cc3)C3=C4CCC(=O)C=C4CC[C@H]3[C@@H]1CC[C@]2(O)CCCO. The Labute approximate surface area is 212 Å². The summed E-state index contributed by atoms with van der Waals surface area (Å²) >= 11 is 1.72. The van der Waals surface area contributed by atoms with Crippen molar-refractivity contribution in [1.82, 2.24) is 0 Å². The molecule has 35 heavy (non-hydrogen) atoms. The van der Waals surface area contributed by atoms with Crippen molar-refractivity contribution in [3.05, 3.63) is 69.5 Å². The van der Waals surface area contributed by atoms with Crippen LogP contribution < -0.4 is 0 Å². The lowest BCUT2D eigenvalue weighted by Gasteiger charge is -2.55. The zero-order valence-corrected chi connectivity index (χ0v) is 21.4. The van der Waals surface area contributed by atoms with Gasteiger partial charge in [0.05, 0.1) is 5.60 Å². The Kier molecular flexibility index (Phi) is 5.90.